The molecule has 2 aromatic heterocycles. The fourth-order valence-corrected chi connectivity index (χ4v) is 4.62. The van der Waals surface area contributed by atoms with Gasteiger partial charge in [-0.3, -0.25) is 14.5 Å². The first kappa shape index (κ1) is 29.1. The lowest BCUT2D eigenvalue weighted by molar-refractivity contribution is -0.138. The molecule has 3 heterocycles. The van der Waals surface area contributed by atoms with Gasteiger partial charge in [-0.1, -0.05) is 12.1 Å². The molecule has 0 saturated carbocycles. The maximum Gasteiger partial charge on any atom is 0.417 e. The third-order valence-electron chi connectivity index (χ3n) is 6.41. The van der Waals surface area contributed by atoms with Crippen LogP contribution in [0.15, 0.2) is 48.7 Å². The van der Waals surface area contributed by atoms with Gasteiger partial charge in [-0.05, 0) is 49.7 Å². The molecular formula is C26H25F6N5O3. The van der Waals surface area contributed by atoms with E-state index in [1.54, 1.807) is 6.07 Å². The summed E-state index contributed by atoms with van der Waals surface area (Å²) < 4.78 is 84.7. The summed E-state index contributed by atoms with van der Waals surface area (Å²) >= 11 is 0. The van der Waals surface area contributed by atoms with E-state index in [0.29, 0.717) is 12.6 Å². The van der Waals surface area contributed by atoms with E-state index in [9.17, 15) is 41.0 Å². The largest absolute Gasteiger partial charge is 0.481 e. The number of alkyl halides is 5. The van der Waals surface area contributed by atoms with Crippen molar-refractivity contribution in [3.8, 4) is 17.1 Å². The lowest BCUT2D eigenvalue weighted by atomic mass is 10.0. The zero-order valence-corrected chi connectivity index (χ0v) is 21.0. The number of halogens is 6. The second-order valence-corrected chi connectivity index (χ2v) is 9.47. The molecule has 0 aliphatic carbocycles. The first-order valence-corrected chi connectivity index (χ1v) is 12.3. The van der Waals surface area contributed by atoms with Gasteiger partial charge in [0.25, 0.3) is 11.8 Å². The highest BCUT2D eigenvalue weighted by molar-refractivity contribution is 5.94. The number of piperidine rings is 1. The van der Waals surface area contributed by atoms with Crippen molar-refractivity contribution in [2.75, 3.05) is 19.6 Å². The van der Waals surface area contributed by atoms with E-state index in [0.717, 1.165) is 22.9 Å². The van der Waals surface area contributed by atoms with Crippen LogP contribution < -0.4 is 5.32 Å². The van der Waals surface area contributed by atoms with Gasteiger partial charge in [-0.15, -0.1) is 0 Å². The van der Waals surface area contributed by atoms with Crippen LogP contribution in [0.25, 0.3) is 17.1 Å². The maximum atomic E-state index is 14.9. The molecule has 40 heavy (non-hydrogen) atoms. The quantitative estimate of drug-likeness (QED) is 0.360. The second kappa shape index (κ2) is 11.7. The van der Waals surface area contributed by atoms with Crippen molar-refractivity contribution in [2.45, 2.75) is 43.8 Å². The van der Waals surface area contributed by atoms with Crippen LogP contribution in [0.5, 0.6) is 0 Å². The molecule has 1 aliphatic rings. The summed E-state index contributed by atoms with van der Waals surface area (Å²) in [6, 6.07) is 6.86. The highest BCUT2D eigenvalue weighted by Gasteiger charge is 2.37. The summed E-state index contributed by atoms with van der Waals surface area (Å²) in [6.07, 6.45) is -4.08. The first-order valence-electron chi connectivity index (χ1n) is 12.3. The summed E-state index contributed by atoms with van der Waals surface area (Å²) in [5.74, 6) is -6.26. The van der Waals surface area contributed by atoms with Crippen molar-refractivity contribution in [1.29, 1.82) is 0 Å². The van der Waals surface area contributed by atoms with Crippen LogP contribution in [0.3, 0.4) is 0 Å². The molecule has 2 N–H and O–H groups in total. The van der Waals surface area contributed by atoms with Crippen LogP contribution in [-0.2, 0) is 11.0 Å². The summed E-state index contributed by atoms with van der Waals surface area (Å²) in [7, 11) is 0. The minimum Gasteiger partial charge on any atom is -0.481 e. The molecule has 1 aliphatic heterocycles. The number of amides is 1. The molecule has 14 heteroatoms. The Labute approximate surface area is 224 Å². The van der Waals surface area contributed by atoms with Gasteiger partial charge in [0.2, 0.25) is 0 Å². The smallest absolute Gasteiger partial charge is 0.417 e. The minimum atomic E-state index is -4.93. The third kappa shape index (κ3) is 6.97. The number of carbonyl (C=O) groups is 2. The van der Waals surface area contributed by atoms with Gasteiger partial charge in [0.1, 0.15) is 5.82 Å². The van der Waals surface area contributed by atoms with Gasteiger partial charge >= 0.3 is 12.1 Å². The molecule has 8 nitrogen and oxygen atoms in total. The zero-order chi connectivity index (χ0) is 29.1. The van der Waals surface area contributed by atoms with Gasteiger partial charge in [-0.2, -0.15) is 18.3 Å². The number of hydrogen-bond donors (Lipinski definition) is 2. The number of benzene rings is 1. The van der Waals surface area contributed by atoms with E-state index < -0.39 is 71.3 Å². The van der Waals surface area contributed by atoms with Gasteiger partial charge in [0.05, 0.1) is 24.2 Å². The van der Waals surface area contributed by atoms with E-state index in [1.807, 2.05) is 0 Å². The molecule has 0 bridgehead atoms. The highest BCUT2D eigenvalue weighted by Crippen LogP contribution is 2.39. The fourth-order valence-electron chi connectivity index (χ4n) is 4.62. The molecule has 1 amide bonds. The number of aromatic nitrogens is 3. The lowest BCUT2D eigenvalue weighted by Gasteiger charge is -2.33. The van der Waals surface area contributed by atoms with Crippen LogP contribution in [0.2, 0.25) is 0 Å². The number of carboxylic acids is 1. The van der Waals surface area contributed by atoms with Gasteiger partial charge < -0.3 is 10.4 Å². The van der Waals surface area contributed by atoms with E-state index in [4.69, 9.17) is 0 Å². The number of likely N-dealkylation sites (tertiary alicyclic amines) is 1. The topological polar surface area (TPSA) is 100 Å². The Morgan fingerprint density at radius 2 is 1.93 bits per heavy atom. The number of carboxylic acid groups (broad SMARTS) is 1. The lowest BCUT2D eigenvalue weighted by Crippen LogP contribution is -2.45. The van der Waals surface area contributed by atoms with Crippen LogP contribution in [0, 0.1) is 5.82 Å². The Morgan fingerprint density at radius 1 is 1.15 bits per heavy atom. The average Bonchev–Trinajstić information content (AvgIpc) is 3.31. The van der Waals surface area contributed by atoms with Crippen LogP contribution in [-0.4, -0.2) is 68.2 Å². The van der Waals surface area contributed by atoms with Crippen molar-refractivity contribution < 1.29 is 41.0 Å². The Bertz CT molecular complexity index is 1360. The molecule has 1 atom stereocenters. The van der Waals surface area contributed by atoms with Crippen LogP contribution >= 0.6 is 0 Å². The standard InChI is InChI=1S/C26H25F6N5O3/c27-18-6-3-5-17(26(30,31)32)23(18)20-14-19(35-37(20)21-7-1-2-10-33-21)24(40)34-16(13-22(38)39)8-12-36-11-4-9-25(28,29)15-36/h1-3,5-7,10,14,16H,4,8-9,11-13,15H2,(H,34,40)(H,38,39)/t16-/m0/s1. The van der Waals surface area contributed by atoms with Crippen LogP contribution in [0.4, 0.5) is 26.3 Å². The highest BCUT2D eigenvalue weighted by atomic mass is 19.4. The Kier molecular flexibility index (Phi) is 8.47. The molecule has 214 valence electrons. The molecule has 1 fully saturated rings. The SMILES string of the molecule is O=C(O)C[C@H](CCN1CCCC(F)(F)C1)NC(=O)c1cc(-c2c(F)cccc2C(F)(F)F)n(-c2ccccn2)n1. The summed E-state index contributed by atoms with van der Waals surface area (Å²) in [4.78, 5) is 30.1. The first-order chi connectivity index (χ1) is 18.8. The van der Waals surface area contributed by atoms with E-state index in [1.165, 1.54) is 23.2 Å². The van der Waals surface area contributed by atoms with Crippen LogP contribution in [0.1, 0.15) is 41.7 Å². The Balaban J connectivity index is 1.65. The van der Waals surface area contributed by atoms with Gasteiger partial charge in [-0.25, -0.2) is 22.8 Å². The second-order valence-electron chi connectivity index (χ2n) is 9.47. The number of rotatable bonds is 9. The molecule has 0 unspecified atom stereocenters. The van der Waals surface area contributed by atoms with Crippen molar-refractivity contribution in [2.24, 2.45) is 0 Å². The Hall–Kier alpha value is -3.94. The normalized spacial score (nSPS) is 16.4. The van der Waals surface area contributed by atoms with Crippen molar-refractivity contribution in [3.05, 3.63) is 65.7 Å². The van der Waals surface area contributed by atoms with E-state index in [2.05, 4.69) is 15.4 Å². The van der Waals surface area contributed by atoms with Crippen molar-refractivity contribution >= 4 is 11.9 Å². The van der Waals surface area contributed by atoms with Crippen molar-refractivity contribution in [1.82, 2.24) is 25.0 Å². The van der Waals surface area contributed by atoms with Gasteiger partial charge in [0, 0.05) is 30.8 Å². The van der Waals surface area contributed by atoms with E-state index >= 15 is 0 Å². The monoisotopic (exact) mass is 569 g/mol. The number of nitrogens with zero attached hydrogens (tertiary/aromatic N) is 4. The predicted molar refractivity (Wildman–Crippen MR) is 130 cm³/mol. The number of hydrogen-bond acceptors (Lipinski definition) is 5. The summed E-state index contributed by atoms with van der Waals surface area (Å²) in [5, 5.41) is 15.9. The fraction of sp³-hybridized carbons (Fsp3) is 0.385. The predicted octanol–water partition coefficient (Wildman–Crippen LogP) is 4.79. The molecule has 3 aromatic rings. The van der Waals surface area contributed by atoms with E-state index in [-0.39, 0.29) is 31.6 Å². The number of nitrogens with one attached hydrogen (secondary N) is 1. The third-order valence-corrected chi connectivity index (χ3v) is 6.41. The number of aliphatic carboxylic acids is 1. The molecule has 1 aromatic carbocycles. The molecule has 1 saturated heterocycles. The molecular weight excluding hydrogens is 544 g/mol. The maximum absolute atomic E-state index is 14.9. The van der Waals surface area contributed by atoms with Gasteiger partial charge in [0.15, 0.2) is 11.5 Å². The summed E-state index contributed by atoms with van der Waals surface area (Å²) in [5.41, 5.74) is -2.96. The van der Waals surface area contributed by atoms with Crippen molar-refractivity contribution in [3.63, 3.8) is 0 Å². The number of pyridine rings is 1. The number of carbonyl (C=O) groups excluding carboxylic acids is 1. The average molecular weight is 570 g/mol. The molecule has 4 rings (SSSR count). The molecule has 0 spiro atoms. The summed E-state index contributed by atoms with van der Waals surface area (Å²) in [6.45, 7) is -0.000280. The molecule has 0 radical (unpaired) electrons. The Morgan fingerprint density at radius 3 is 2.58 bits per heavy atom. The minimum absolute atomic E-state index is 0.000963. The zero-order valence-electron chi connectivity index (χ0n) is 21.0.